The van der Waals surface area contributed by atoms with Crippen molar-refractivity contribution < 1.29 is 4.79 Å². The van der Waals surface area contributed by atoms with Crippen molar-refractivity contribution in [2.75, 3.05) is 19.6 Å². The minimum Gasteiger partial charge on any atom is -0.338 e. The molecule has 1 unspecified atom stereocenters. The zero-order chi connectivity index (χ0) is 16.6. The number of hydrogen-bond donors (Lipinski definition) is 1. The van der Waals surface area contributed by atoms with E-state index >= 15 is 0 Å². The molecule has 24 heavy (non-hydrogen) atoms. The molecule has 3 rings (SSSR count). The average Bonchev–Trinajstić information content (AvgIpc) is 3.14. The number of nitrogens with two attached hydrogens (primary N) is 1. The summed E-state index contributed by atoms with van der Waals surface area (Å²) in [5.74, 6) is -0.0292. The highest BCUT2D eigenvalue weighted by Crippen LogP contribution is 2.30. The predicted molar refractivity (Wildman–Crippen MR) is 98.5 cm³/mol. The van der Waals surface area contributed by atoms with Gasteiger partial charge >= 0.3 is 0 Å². The normalized spacial score (nSPS) is 20.1. The molecule has 1 aromatic heterocycles. The van der Waals surface area contributed by atoms with Gasteiger partial charge in [0.2, 0.25) is 0 Å². The van der Waals surface area contributed by atoms with Crippen molar-refractivity contribution in [3.8, 4) is 5.69 Å². The van der Waals surface area contributed by atoms with E-state index in [0.29, 0.717) is 34.4 Å². The first kappa shape index (κ1) is 19.1. The van der Waals surface area contributed by atoms with Crippen molar-refractivity contribution in [1.29, 1.82) is 0 Å². The van der Waals surface area contributed by atoms with Crippen LogP contribution in [0.5, 0.6) is 0 Å². The Labute approximate surface area is 157 Å². The monoisotopic (exact) mass is 388 g/mol. The van der Waals surface area contributed by atoms with Gasteiger partial charge in [-0.05, 0) is 36.6 Å². The van der Waals surface area contributed by atoms with Gasteiger partial charge in [0.25, 0.3) is 5.91 Å². The second-order valence-corrected chi connectivity index (χ2v) is 7.10. The molecule has 0 spiro atoms. The average molecular weight is 390 g/mol. The maximum absolute atomic E-state index is 12.6. The van der Waals surface area contributed by atoms with Crippen LogP contribution < -0.4 is 5.73 Å². The lowest BCUT2D eigenvalue weighted by Crippen LogP contribution is -2.34. The maximum atomic E-state index is 12.6. The third-order valence-corrected chi connectivity index (χ3v) is 4.86. The lowest BCUT2D eigenvalue weighted by atomic mass is 9.90. The van der Waals surface area contributed by atoms with E-state index in [1.54, 1.807) is 35.3 Å². The van der Waals surface area contributed by atoms with Crippen LogP contribution in [0.4, 0.5) is 0 Å². The van der Waals surface area contributed by atoms with Crippen LogP contribution in [0.1, 0.15) is 23.7 Å². The van der Waals surface area contributed by atoms with Crippen molar-refractivity contribution in [2.45, 2.75) is 13.3 Å². The second kappa shape index (κ2) is 7.31. The van der Waals surface area contributed by atoms with Crippen LogP contribution in [-0.4, -0.2) is 40.2 Å². The van der Waals surface area contributed by atoms with E-state index in [9.17, 15) is 4.79 Å². The minimum absolute atomic E-state index is 0. The van der Waals surface area contributed by atoms with E-state index in [2.05, 4.69) is 12.0 Å². The van der Waals surface area contributed by atoms with Gasteiger partial charge < -0.3 is 10.6 Å². The fourth-order valence-electron chi connectivity index (χ4n) is 2.78. The van der Waals surface area contributed by atoms with Crippen molar-refractivity contribution in [1.82, 2.24) is 14.7 Å². The first-order chi connectivity index (χ1) is 10.9. The lowest BCUT2D eigenvalue weighted by molar-refractivity contribution is 0.0777. The topological polar surface area (TPSA) is 64.2 Å². The van der Waals surface area contributed by atoms with Crippen LogP contribution in [0.2, 0.25) is 10.0 Å². The molecule has 1 atom stereocenters. The highest BCUT2D eigenvalue weighted by molar-refractivity contribution is 6.35. The Kier molecular flexibility index (Phi) is 5.81. The Hall–Kier alpha value is -1.27. The Morgan fingerprint density at radius 2 is 2.17 bits per heavy atom. The zero-order valence-corrected chi connectivity index (χ0v) is 15.5. The van der Waals surface area contributed by atoms with Gasteiger partial charge in [-0.2, -0.15) is 5.10 Å². The molecule has 1 fully saturated rings. The summed E-state index contributed by atoms with van der Waals surface area (Å²) in [5.41, 5.74) is 7.03. The van der Waals surface area contributed by atoms with Crippen LogP contribution >= 0.6 is 35.6 Å². The van der Waals surface area contributed by atoms with E-state index in [-0.39, 0.29) is 23.7 Å². The van der Waals surface area contributed by atoms with Crippen molar-refractivity contribution in [3.63, 3.8) is 0 Å². The number of hydrogen-bond acceptors (Lipinski definition) is 3. The fraction of sp³-hybridized carbons (Fsp3) is 0.375. The van der Waals surface area contributed by atoms with Gasteiger partial charge in [-0.15, -0.1) is 12.4 Å². The molecule has 1 saturated heterocycles. The first-order valence-electron chi connectivity index (χ1n) is 7.41. The van der Waals surface area contributed by atoms with Crippen molar-refractivity contribution in [3.05, 3.63) is 46.2 Å². The van der Waals surface area contributed by atoms with Crippen molar-refractivity contribution >= 4 is 41.5 Å². The first-order valence-corrected chi connectivity index (χ1v) is 8.17. The van der Waals surface area contributed by atoms with Gasteiger partial charge in [-0.1, -0.05) is 30.1 Å². The van der Waals surface area contributed by atoms with Gasteiger partial charge in [0.1, 0.15) is 0 Å². The number of benzene rings is 1. The molecule has 2 aromatic rings. The lowest BCUT2D eigenvalue weighted by Gasteiger charge is -2.22. The maximum Gasteiger partial charge on any atom is 0.257 e. The summed E-state index contributed by atoms with van der Waals surface area (Å²) in [6.45, 7) is 4.09. The number of rotatable bonds is 3. The third kappa shape index (κ3) is 3.70. The van der Waals surface area contributed by atoms with Crippen molar-refractivity contribution in [2.24, 2.45) is 11.1 Å². The third-order valence-electron chi connectivity index (χ3n) is 4.32. The van der Waals surface area contributed by atoms with Crippen LogP contribution in [0.25, 0.3) is 5.69 Å². The number of halogens is 3. The number of aromatic nitrogens is 2. The summed E-state index contributed by atoms with van der Waals surface area (Å²) in [4.78, 5) is 14.4. The highest BCUT2D eigenvalue weighted by Gasteiger charge is 2.35. The molecular weight excluding hydrogens is 371 g/mol. The molecule has 0 aliphatic carbocycles. The second-order valence-electron chi connectivity index (χ2n) is 6.26. The molecule has 2 N–H and O–H groups in total. The number of carbonyl (C=O) groups excluding carboxylic acids is 1. The van der Waals surface area contributed by atoms with Gasteiger partial charge in [0.15, 0.2) is 0 Å². The van der Waals surface area contributed by atoms with E-state index in [1.165, 1.54) is 0 Å². The smallest absolute Gasteiger partial charge is 0.257 e. The standard InChI is InChI=1S/C16H18Cl2N4O.ClH/c1-16(9-19)4-5-21(10-16)15(23)11-7-20-22(8-11)14-3-2-12(17)6-13(14)18;/h2-3,6-8H,4-5,9-10,19H2,1H3;1H. The summed E-state index contributed by atoms with van der Waals surface area (Å²) in [6.07, 6.45) is 4.17. The summed E-state index contributed by atoms with van der Waals surface area (Å²) in [6, 6.07) is 5.15. The minimum atomic E-state index is -0.0292. The van der Waals surface area contributed by atoms with Gasteiger partial charge in [0, 0.05) is 24.3 Å². The summed E-state index contributed by atoms with van der Waals surface area (Å²) < 4.78 is 1.59. The fourth-order valence-corrected chi connectivity index (χ4v) is 3.27. The van der Waals surface area contributed by atoms with Crippen LogP contribution in [0.3, 0.4) is 0 Å². The molecule has 1 aliphatic rings. The Morgan fingerprint density at radius 1 is 1.42 bits per heavy atom. The molecule has 2 heterocycles. The Morgan fingerprint density at radius 3 is 2.79 bits per heavy atom. The molecule has 130 valence electrons. The summed E-state index contributed by atoms with van der Waals surface area (Å²) in [7, 11) is 0. The van der Waals surface area contributed by atoms with E-state index < -0.39 is 0 Å². The number of likely N-dealkylation sites (tertiary alicyclic amines) is 1. The predicted octanol–water partition coefficient (Wildman–Crippen LogP) is 3.41. The number of amides is 1. The molecule has 0 bridgehead atoms. The van der Waals surface area contributed by atoms with Gasteiger partial charge in [-0.3, -0.25) is 4.79 Å². The molecular formula is C16H19Cl3N4O. The van der Waals surface area contributed by atoms with E-state index in [0.717, 1.165) is 13.0 Å². The SMILES string of the molecule is CC1(CN)CCN(C(=O)c2cnn(-c3ccc(Cl)cc3Cl)c2)C1.Cl. The largest absolute Gasteiger partial charge is 0.338 e. The van der Waals surface area contributed by atoms with Gasteiger partial charge in [-0.25, -0.2) is 4.68 Å². The molecule has 0 radical (unpaired) electrons. The Bertz CT molecular complexity index is 749. The number of nitrogens with zero attached hydrogens (tertiary/aromatic N) is 3. The van der Waals surface area contributed by atoms with Crippen LogP contribution in [-0.2, 0) is 0 Å². The quantitative estimate of drug-likeness (QED) is 0.875. The van der Waals surface area contributed by atoms with Crippen LogP contribution in [0.15, 0.2) is 30.6 Å². The molecule has 0 saturated carbocycles. The molecule has 5 nitrogen and oxygen atoms in total. The van der Waals surface area contributed by atoms with Gasteiger partial charge in [0.05, 0.1) is 22.5 Å². The highest BCUT2D eigenvalue weighted by atomic mass is 35.5. The number of carbonyl (C=O) groups is 1. The zero-order valence-electron chi connectivity index (χ0n) is 13.2. The summed E-state index contributed by atoms with van der Waals surface area (Å²) >= 11 is 12.1. The van der Waals surface area contributed by atoms with Crippen LogP contribution in [0, 0.1) is 5.41 Å². The van der Waals surface area contributed by atoms with E-state index in [4.69, 9.17) is 28.9 Å². The Balaban J connectivity index is 0.00000208. The molecule has 1 amide bonds. The molecule has 8 heteroatoms. The molecule has 1 aliphatic heterocycles. The van der Waals surface area contributed by atoms with E-state index in [1.807, 2.05) is 4.90 Å². The summed E-state index contributed by atoms with van der Waals surface area (Å²) in [5, 5.41) is 5.28. The molecule has 1 aromatic carbocycles.